The first kappa shape index (κ1) is 16.7. The second-order valence-electron chi connectivity index (χ2n) is 5.95. The van der Waals surface area contributed by atoms with E-state index in [4.69, 9.17) is 4.74 Å². The van der Waals surface area contributed by atoms with Gasteiger partial charge in [0.15, 0.2) is 0 Å². The summed E-state index contributed by atoms with van der Waals surface area (Å²) in [5, 5.41) is 22.6. The predicted octanol–water partition coefficient (Wildman–Crippen LogP) is 0.129. The Bertz CT molecular complexity index is 519. The molecule has 1 heterocycles. The van der Waals surface area contributed by atoms with E-state index in [1.807, 2.05) is 29.2 Å². The van der Waals surface area contributed by atoms with Crippen LogP contribution in [0.5, 0.6) is 5.75 Å². The van der Waals surface area contributed by atoms with E-state index in [0.717, 1.165) is 11.3 Å². The summed E-state index contributed by atoms with van der Waals surface area (Å²) < 4.78 is 5.24. The number of methoxy groups -OCH3 is 1. The van der Waals surface area contributed by atoms with Gasteiger partial charge in [0.05, 0.1) is 25.4 Å². The zero-order valence-corrected chi connectivity index (χ0v) is 13.1. The van der Waals surface area contributed by atoms with Gasteiger partial charge < -0.3 is 20.3 Å². The molecule has 1 aliphatic rings. The molecular weight excluding hydrogens is 284 g/mol. The van der Waals surface area contributed by atoms with E-state index >= 15 is 0 Å². The van der Waals surface area contributed by atoms with Crippen molar-refractivity contribution in [3.8, 4) is 5.75 Å². The van der Waals surface area contributed by atoms with E-state index in [2.05, 4.69) is 5.32 Å². The van der Waals surface area contributed by atoms with Gasteiger partial charge in [-0.05, 0) is 19.4 Å². The number of carbonyl (C=O) groups is 1. The van der Waals surface area contributed by atoms with Crippen LogP contribution in [0.25, 0.3) is 0 Å². The Kier molecular flexibility index (Phi) is 5.39. The molecule has 0 aliphatic carbocycles. The van der Waals surface area contributed by atoms with Crippen molar-refractivity contribution in [2.24, 2.45) is 0 Å². The Labute approximate surface area is 130 Å². The molecule has 1 saturated heterocycles. The molecule has 1 aromatic carbocycles. The van der Waals surface area contributed by atoms with Crippen LogP contribution in [0.2, 0.25) is 0 Å². The first-order valence-corrected chi connectivity index (χ1v) is 7.44. The van der Waals surface area contributed by atoms with E-state index in [0.29, 0.717) is 26.1 Å². The molecule has 0 radical (unpaired) electrons. The van der Waals surface area contributed by atoms with Gasteiger partial charge in [0.25, 0.3) is 0 Å². The van der Waals surface area contributed by atoms with Gasteiger partial charge in [0, 0.05) is 25.2 Å². The molecule has 2 rings (SSSR count). The summed E-state index contributed by atoms with van der Waals surface area (Å²) in [6, 6.07) is 7.53. The lowest BCUT2D eigenvalue weighted by molar-refractivity contribution is -0.129. The van der Waals surface area contributed by atoms with Crippen molar-refractivity contribution in [1.29, 1.82) is 0 Å². The average Bonchev–Trinajstić information content (AvgIpc) is 2.49. The van der Waals surface area contributed by atoms with E-state index < -0.39 is 11.7 Å². The molecule has 2 atom stereocenters. The number of hydrogen-bond donors (Lipinski definition) is 3. The number of β-amino-alcohol motifs (C(OH)–C–C–N with tert-alkyl or cyclic N) is 1. The Balaban J connectivity index is 1.81. The number of ether oxygens (including phenoxy) is 1. The minimum absolute atomic E-state index is 0.111. The number of rotatable bonds is 5. The lowest BCUT2D eigenvalue weighted by Crippen LogP contribution is -2.55. The van der Waals surface area contributed by atoms with Crippen molar-refractivity contribution in [3.05, 3.63) is 29.8 Å². The standard InChI is InChI=1S/C16H24N2O4/c1-16(21)7-8-18(10-14(16)19)11-15(20)17-9-12-5-3-4-6-13(12)22-2/h3-6,14,19,21H,7-11H2,1-2H3,(H,17,20)/t14-,16-/m1/s1. The van der Waals surface area contributed by atoms with Crippen molar-refractivity contribution < 1.29 is 19.7 Å². The van der Waals surface area contributed by atoms with Gasteiger partial charge in [-0.3, -0.25) is 9.69 Å². The van der Waals surface area contributed by atoms with Crippen molar-refractivity contribution in [2.75, 3.05) is 26.7 Å². The number of para-hydroxylation sites is 1. The maximum absolute atomic E-state index is 12.0. The minimum atomic E-state index is -1.07. The number of hydrogen-bond acceptors (Lipinski definition) is 5. The van der Waals surface area contributed by atoms with Crippen molar-refractivity contribution in [1.82, 2.24) is 10.2 Å². The van der Waals surface area contributed by atoms with E-state index in [-0.39, 0.29) is 12.5 Å². The number of carbonyl (C=O) groups excluding carboxylic acids is 1. The zero-order valence-electron chi connectivity index (χ0n) is 13.1. The predicted molar refractivity (Wildman–Crippen MR) is 82.5 cm³/mol. The second kappa shape index (κ2) is 7.09. The third-order valence-corrected chi connectivity index (χ3v) is 4.12. The molecule has 0 bridgehead atoms. The molecule has 6 heteroatoms. The third-order valence-electron chi connectivity index (χ3n) is 4.12. The van der Waals surface area contributed by atoms with Crippen LogP contribution in [-0.4, -0.2) is 59.5 Å². The minimum Gasteiger partial charge on any atom is -0.496 e. The summed E-state index contributed by atoms with van der Waals surface area (Å²) in [5.74, 6) is 0.631. The number of benzene rings is 1. The Morgan fingerprint density at radius 2 is 2.23 bits per heavy atom. The molecule has 122 valence electrons. The summed E-state index contributed by atoms with van der Waals surface area (Å²) >= 11 is 0. The molecule has 1 fully saturated rings. The van der Waals surface area contributed by atoms with E-state index in [9.17, 15) is 15.0 Å². The number of aliphatic hydroxyl groups excluding tert-OH is 1. The molecule has 1 aromatic rings. The van der Waals surface area contributed by atoms with E-state index in [1.54, 1.807) is 14.0 Å². The summed E-state index contributed by atoms with van der Waals surface area (Å²) in [6.07, 6.45) is -0.378. The summed E-state index contributed by atoms with van der Waals surface area (Å²) in [5.41, 5.74) is -0.148. The van der Waals surface area contributed by atoms with Gasteiger partial charge in [-0.25, -0.2) is 0 Å². The number of nitrogens with zero attached hydrogens (tertiary/aromatic N) is 1. The van der Waals surface area contributed by atoms with Gasteiger partial charge in [0.2, 0.25) is 5.91 Å². The quantitative estimate of drug-likeness (QED) is 0.720. The largest absolute Gasteiger partial charge is 0.496 e. The van der Waals surface area contributed by atoms with Crippen LogP contribution < -0.4 is 10.1 Å². The fourth-order valence-electron chi connectivity index (χ4n) is 2.53. The third kappa shape index (κ3) is 4.19. The summed E-state index contributed by atoms with van der Waals surface area (Å²) in [4.78, 5) is 13.9. The number of aliphatic hydroxyl groups is 2. The number of likely N-dealkylation sites (tertiary alicyclic amines) is 1. The van der Waals surface area contributed by atoms with Crippen molar-refractivity contribution >= 4 is 5.91 Å². The molecule has 0 unspecified atom stereocenters. The molecule has 0 spiro atoms. The lowest BCUT2D eigenvalue weighted by atomic mass is 9.91. The topological polar surface area (TPSA) is 82.0 Å². The zero-order chi connectivity index (χ0) is 16.2. The lowest BCUT2D eigenvalue weighted by Gasteiger charge is -2.39. The first-order valence-electron chi connectivity index (χ1n) is 7.44. The normalized spacial score (nSPS) is 25.7. The van der Waals surface area contributed by atoms with Gasteiger partial charge >= 0.3 is 0 Å². The Hall–Kier alpha value is -1.63. The summed E-state index contributed by atoms with van der Waals surface area (Å²) in [7, 11) is 1.60. The first-order chi connectivity index (χ1) is 10.4. The van der Waals surface area contributed by atoms with Crippen LogP contribution >= 0.6 is 0 Å². The fraction of sp³-hybridized carbons (Fsp3) is 0.562. The van der Waals surface area contributed by atoms with Crippen LogP contribution in [0.15, 0.2) is 24.3 Å². The van der Waals surface area contributed by atoms with Crippen molar-refractivity contribution in [3.63, 3.8) is 0 Å². The number of piperidine rings is 1. The van der Waals surface area contributed by atoms with E-state index in [1.165, 1.54) is 0 Å². The number of amides is 1. The number of nitrogens with one attached hydrogen (secondary N) is 1. The van der Waals surface area contributed by atoms with Crippen LogP contribution in [-0.2, 0) is 11.3 Å². The fourth-order valence-corrected chi connectivity index (χ4v) is 2.53. The highest BCUT2D eigenvalue weighted by molar-refractivity contribution is 5.78. The monoisotopic (exact) mass is 308 g/mol. The van der Waals surface area contributed by atoms with Crippen LogP contribution in [0.3, 0.4) is 0 Å². The van der Waals surface area contributed by atoms with Gasteiger partial charge in [-0.2, -0.15) is 0 Å². The van der Waals surface area contributed by atoms with Crippen LogP contribution in [0.4, 0.5) is 0 Å². The van der Waals surface area contributed by atoms with Crippen LogP contribution in [0, 0.1) is 0 Å². The molecule has 1 amide bonds. The SMILES string of the molecule is COc1ccccc1CNC(=O)CN1CC[C@@](C)(O)[C@H](O)C1. The maximum atomic E-state index is 12.0. The highest BCUT2D eigenvalue weighted by Crippen LogP contribution is 2.21. The summed E-state index contributed by atoms with van der Waals surface area (Å²) in [6.45, 7) is 3.12. The molecular formula is C16H24N2O4. The second-order valence-corrected chi connectivity index (χ2v) is 5.95. The highest BCUT2D eigenvalue weighted by atomic mass is 16.5. The molecule has 0 saturated carbocycles. The Morgan fingerprint density at radius 3 is 2.91 bits per heavy atom. The molecule has 3 N–H and O–H groups in total. The molecule has 22 heavy (non-hydrogen) atoms. The average molecular weight is 308 g/mol. The van der Waals surface area contributed by atoms with Gasteiger partial charge in [-0.15, -0.1) is 0 Å². The van der Waals surface area contributed by atoms with Gasteiger partial charge in [0.1, 0.15) is 5.75 Å². The van der Waals surface area contributed by atoms with Crippen LogP contribution in [0.1, 0.15) is 18.9 Å². The molecule has 0 aromatic heterocycles. The smallest absolute Gasteiger partial charge is 0.234 e. The Morgan fingerprint density at radius 1 is 1.50 bits per heavy atom. The highest BCUT2D eigenvalue weighted by Gasteiger charge is 2.36. The van der Waals surface area contributed by atoms with Crippen molar-refractivity contribution in [2.45, 2.75) is 31.6 Å². The van der Waals surface area contributed by atoms with Gasteiger partial charge in [-0.1, -0.05) is 18.2 Å². The molecule has 1 aliphatic heterocycles. The molecule has 6 nitrogen and oxygen atoms in total. The maximum Gasteiger partial charge on any atom is 0.234 e.